The Balaban J connectivity index is 1.89. The van der Waals surface area contributed by atoms with Crippen LogP contribution in [0.25, 0.3) is 0 Å². The summed E-state index contributed by atoms with van der Waals surface area (Å²) in [6, 6.07) is 9.71. The fourth-order valence-corrected chi connectivity index (χ4v) is 2.01. The lowest BCUT2D eigenvalue weighted by atomic mass is 10.1. The Labute approximate surface area is 128 Å². The predicted octanol–water partition coefficient (Wildman–Crippen LogP) is 4.15. The van der Waals surface area contributed by atoms with Gasteiger partial charge in [0.25, 0.3) is 0 Å². The topological polar surface area (TPSA) is 35.5 Å². The van der Waals surface area contributed by atoms with Gasteiger partial charge in [-0.2, -0.15) is 0 Å². The van der Waals surface area contributed by atoms with Crippen molar-refractivity contribution < 1.29 is 14.3 Å². The standard InChI is InChI=1S/C18H28O3/c1-2-3-13-20-14-9-4-5-10-15-21-18(19)16-17-11-7-6-8-12-17/h6-8,11-12H,2-5,9-10,13-16H2,1H3. The molecule has 0 amide bonds. The maximum Gasteiger partial charge on any atom is 0.310 e. The lowest BCUT2D eigenvalue weighted by Crippen LogP contribution is -2.09. The van der Waals surface area contributed by atoms with Gasteiger partial charge in [0, 0.05) is 13.2 Å². The van der Waals surface area contributed by atoms with Gasteiger partial charge >= 0.3 is 5.97 Å². The molecule has 3 nitrogen and oxygen atoms in total. The molecule has 0 aliphatic heterocycles. The highest BCUT2D eigenvalue weighted by molar-refractivity contribution is 5.72. The first-order valence-electron chi connectivity index (χ1n) is 8.10. The molecule has 0 aromatic heterocycles. The summed E-state index contributed by atoms with van der Waals surface area (Å²) < 4.78 is 10.7. The van der Waals surface area contributed by atoms with Crippen LogP contribution in [0.15, 0.2) is 30.3 Å². The third kappa shape index (κ3) is 10.1. The highest BCUT2D eigenvalue weighted by Crippen LogP contribution is 2.04. The van der Waals surface area contributed by atoms with E-state index in [9.17, 15) is 4.79 Å². The van der Waals surface area contributed by atoms with E-state index in [1.54, 1.807) is 0 Å². The van der Waals surface area contributed by atoms with Gasteiger partial charge in [-0.15, -0.1) is 0 Å². The molecule has 0 N–H and O–H groups in total. The second kappa shape index (κ2) is 12.4. The van der Waals surface area contributed by atoms with Crippen LogP contribution < -0.4 is 0 Å². The zero-order valence-electron chi connectivity index (χ0n) is 13.2. The fourth-order valence-electron chi connectivity index (χ4n) is 2.01. The van der Waals surface area contributed by atoms with Crippen LogP contribution in [0, 0.1) is 0 Å². The lowest BCUT2D eigenvalue weighted by molar-refractivity contribution is -0.142. The summed E-state index contributed by atoms with van der Waals surface area (Å²) in [7, 11) is 0. The molecule has 0 spiro atoms. The number of hydrogen-bond donors (Lipinski definition) is 0. The van der Waals surface area contributed by atoms with Gasteiger partial charge in [-0.1, -0.05) is 50.1 Å². The molecule has 0 fully saturated rings. The summed E-state index contributed by atoms with van der Waals surface area (Å²) >= 11 is 0. The van der Waals surface area contributed by atoms with Crippen LogP contribution in [0.2, 0.25) is 0 Å². The van der Waals surface area contributed by atoms with Crippen molar-refractivity contribution >= 4 is 5.97 Å². The maximum atomic E-state index is 11.6. The van der Waals surface area contributed by atoms with E-state index in [0.29, 0.717) is 13.0 Å². The monoisotopic (exact) mass is 292 g/mol. The van der Waals surface area contributed by atoms with Crippen LogP contribution in [0.5, 0.6) is 0 Å². The number of esters is 1. The minimum Gasteiger partial charge on any atom is -0.465 e. The van der Waals surface area contributed by atoms with E-state index in [-0.39, 0.29) is 5.97 Å². The number of carbonyl (C=O) groups excluding carboxylic acids is 1. The lowest BCUT2D eigenvalue weighted by Gasteiger charge is -2.05. The Kier molecular flexibility index (Phi) is 10.4. The number of ether oxygens (including phenoxy) is 2. The SMILES string of the molecule is CCCCOCCCCCCOC(=O)Cc1ccccc1. The second-order valence-corrected chi connectivity index (χ2v) is 5.26. The molecule has 0 unspecified atom stereocenters. The van der Waals surface area contributed by atoms with Crippen molar-refractivity contribution in [2.75, 3.05) is 19.8 Å². The Hall–Kier alpha value is -1.35. The Morgan fingerprint density at radius 1 is 0.905 bits per heavy atom. The molecule has 0 bridgehead atoms. The van der Waals surface area contributed by atoms with Gasteiger partial charge in [-0.25, -0.2) is 0 Å². The van der Waals surface area contributed by atoms with Crippen LogP contribution in [-0.4, -0.2) is 25.8 Å². The molecule has 0 radical (unpaired) electrons. The molecule has 0 aliphatic rings. The molecule has 3 heteroatoms. The number of rotatable bonds is 12. The number of carbonyl (C=O) groups is 1. The van der Waals surface area contributed by atoms with Gasteiger partial charge in [0.05, 0.1) is 13.0 Å². The summed E-state index contributed by atoms with van der Waals surface area (Å²) in [5.74, 6) is -0.135. The van der Waals surface area contributed by atoms with Crippen molar-refractivity contribution in [3.05, 3.63) is 35.9 Å². The summed E-state index contributed by atoms with van der Waals surface area (Å²) in [5, 5.41) is 0. The Morgan fingerprint density at radius 3 is 2.29 bits per heavy atom. The van der Waals surface area contributed by atoms with Crippen molar-refractivity contribution in [2.45, 2.75) is 51.9 Å². The molecule has 0 saturated heterocycles. The van der Waals surface area contributed by atoms with Crippen LogP contribution in [0.1, 0.15) is 51.0 Å². The van der Waals surface area contributed by atoms with Crippen LogP contribution in [0.4, 0.5) is 0 Å². The highest BCUT2D eigenvalue weighted by atomic mass is 16.5. The van der Waals surface area contributed by atoms with E-state index in [2.05, 4.69) is 6.92 Å². The Morgan fingerprint density at radius 2 is 1.57 bits per heavy atom. The second-order valence-electron chi connectivity index (χ2n) is 5.26. The molecule has 1 rings (SSSR count). The average molecular weight is 292 g/mol. The van der Waals surface area contributed by atoms with Crippen molar-refractivity contribution in [3.8, 4) is 0 Å². The molecule has 21 heavy (non-hydrogen) atoms. The molecule has 0 saturated carbocycles. The van der Waals surface area contributed by atoms with E-state index in [0.717, 1.165) is 50.9 Å². The van der Waals surface area contributed by atoms with E-state index < -0.39 is 0 Å². The van der Waals surface area contributed by atoms with E-state index in [1.807, 2.05) is 30.3 Å². The van der Waals surface area contributed by atoms with Crippen molar-refractivity contribution in [1.82, 2.24) is 0 Å². The first-order chi connectivity index (χ1) is 10.3. The first kappa shape index (κ1) is 17.7. The number of unbranched alkanes of at least 4 members (excludes halogenated alkanes) is 4. The van der Waals surface area contributed by atoms with Gasteiger partial charge in [0.1, 0.15) is 0 Å². The van der Waals surface area contributed by atoms with Crippen LogP contribution >= 0.6 is 0 Å². The van der Waals surface area contributed by atoms with Gasteiger partial charge < -0.3 is 9.47 Å². The summed E-state index contributed by atoms with van der Waals surface area (Å²) in [4.78, 5) is 11.6. The quantitative estimate of drug-likeness (QED) is 0.429. The molecule has 1 aromatic rings. The van der Waals surface area contributed by atoms with E-state index in [1.165, 1.54) is 6.42 Å². The minimum atomic E-state index is -0.135. The van der Waals surface area contributed by atoms with Crippen molar-refractivity contribution in [1.29, 1.82) is 0 Å². The molecular formula is C18H28O3. The maximum absolute atomic E-state index is 11.6. The predicted molar refractivity (Wildman–Crippen MR) is 85.3 cm³/mol. The van der Waals surface area contributed by atoms with Crippen LogP contribution in [0.3, 0.4) is 0 Å². The zero-order valence-corrected chi connectivity index (χ0v) is 13.2. The summed E-state index contributed by atoms with van der Waals surface area (Å²) in [6.45, 7) is 4.44. The normalized spacial score (nSPS) is 10.5. The molecule has 0 atom stereocenters. The molecule has 0 heterocycles. The average Bonchev–Trinajstić information content (AvgIpc) is 2.50. The fraction of sp³-hybridized carbons (Fsp3) is 0.611. The van der Waals surface area contributed by atoms with Gasteiger partial charge in [0.2, 0.25) is 0 Å². The third-order valence-corrected chi connectivity index (χ3v) is 3.28. The molecule has 118 valence electrons. The molecule has 1 aromatic carbocycles. The number of hydrogen-bond acceptors (Lipinski definition) is 3. The van der Waals surface area contributed by atoms with Gasteiger partial charge in [-0.3, -0.25) is 4.79 Å². The third-order valence-electron chi connectivity index (χ3n) is 3.28. The summed E-state index contributed by atoms with van der Waals surface area (Å²) in [6.07, 6.45) is 6.98. The smallest absolute Gasteiger partial charge is 0.310 e. The summed E-state index contributed by atoms with van der Waals surface area (Å²) in [5.41, 5.74) is 1.01. The van der Waals surface area contributed by atoms with Gasteiger partial charge in [-0.05, 0) is 31.2 Å². The Bertz CT molecular complexity index is 362. The van der Waals surface area contributed by atoms with Crippen molar-refractivity contribution in [3.63, 3.8) is 0 Å². The van der Waals surface area contributed by atoms with Gasteiger partial charge in [0.15, 0.2) is 0 Å². The van der Waals surface area contributed by atoms with Crippen LogP contribution in [-0.2, 0) is 20.7 Å². The zero-order chi connectivity index (χ0) is 15.2. The minimum absolute atomic E-state index is 0.135. The number of benzene rings is 1. The largest absolute Gasteiger partial charge is 0.465 e. The molecular weight excluding hydrogens is 264 g/mol. The molecule has 0 aliphatic carbocycles. The van der Waals surface area contributed by atoms with Crippen molar-refractivity contribution in [2.24, 2.45) is 0 Å². The van der Waals surface area contributed by atoms with E-state index >= 15 is 0 Å². The first-order valence-corrected chi connectivity index (χ1v) is 8.10. The van der Waals surface area contributed by atoms with E-state index in [4.69, 9.17) is 9.47 Å². The highest BCUT2D eigenvalue weighted by Gasteiger charge is 2.03.